The minimum Gasteiger partial charge on any atom is -0.393 e. The lowest BCUT2D eigenvalue weighted by Crippen LogP contribution is -2.55. The van der Waals surface area contributed by atoms with Crippen LogP contribution in [0.15, 0.2) is 0 Å². The quantitative estimate of drug-likeness (QED) is 0.528. The molecule has 5 heteroatoms. The van der Waals surface area contributed by atoms with Crippen molar-refractivity contribution in [2.75, 3.05) is 0 Å². The van der Waals surface area contributed by atoms with Crippen LogP contribution in [0.25, 0.3) is 0 Å². The summed E-state index contributed by atoms with van der Waals surface area (Å²) in [6, 6.07) is 0.140. The molecule has 2 N–H and O–H groups in total. The Hall–Kier alpha value is -1.23. The van der Waals surface area contributed by atoms with Crippen LogP contribution < -0.4 is 5.32 Å². The third-order valence-corrected chi connectivity index (χ3v) is 9.88. The zero-order valence-electron chi connectivity index (χ0n) is 21.8. The molecular weight excluding hydrogens is 414 g/mol. The van der Waals surface area contributed by atoms with Gasteiger partial charge in [0.25, 0.3) is 0 Å². The smallest absolute Gasteiger partial charge is 0.220 e. The van der Waals surface area contributed by atoms with Crippen molar-refractivity contribution in [1.82, 2.24) is 5.32 Å². The van der Waals surface area contributed by atoms with E-state index in [4.69, 9.17) is 0 Å². The van der Waals surface area contributed by atoms with Crippen molar-refractivity contribution in [3.63, 3.8) is 0 Å². The molecule has 6 atom stereocenters. The molecule has 0 unspecified atom stereocenters. The Morgan fingerprint density at radius 2 is 1.70 bits per heavy atom. The van der Waals surface area contributed by atoms with Crippen molar-refractivity contribution in [1.29, 1.82) is 0 Å². The highest BCUT2D eigenvalue weighted by Crippen LogP contribution is 2.63. The van der Waals surface area contributed by atoms with Crippen molar-refractivity contribution in [2.24, 2.45) is 40.4 Å². The molecule has 0 aromatic heterocycles. The summed E-state index contributed by atoms with van der Waals surface area (Å²) in [5.41, 5.74) is -0.519. The number of Topliss-reactive ketones (excluding diaryl/α,β-unsaturated/α-hetero) is 2. The molecular formula is C28H47NO4. The maximum Gasteiger partial charge on any atom is 0.220 e. The fourth-order valence-corrected chi connectivity index (χ4v) is 7.85. The third kappa shape index (κ3) is 5.09. The lowest BCUT2D eigenvalue weighted by molar-refractivity contribution is -0.154. The number of carbonyl (C=O) groups is 3. The molecule has 5 nitrogen and oxygen atoms in total. The molecule has 3 aliphatic rings. The van der Waals surface area contributed by atoms with E-state index in [1.165, 1.54) is 0 Å². The average molecular weight is 462 g/mol. The topological polar surface area (TPSA) is 83.5 Å². The second-order valence-electron chi connectivity index (χ2n) is 12.3. The minimum atomic E-state index is -0.468. The van der Waals surface area contributed by atoms with Gasteiger partial charge >= 0.3 is 0 Å². The number of carbonyl (C=O) groups excluding carboxylic acids is 3. The van der Waals surface area contributed by atoms with Gasteiger partial charge in [-0.15, -0.1) is 0 Å². The monoisotopic (exact) mass is 461 g/mol. The van der Waals surface area contributed by atoms with E-state index in [1.54, 1.807) is 0 Å². The normalized spacial score (nSPS) is 39.9. The minimum absolute atomic E-state index is 0.0512. The summed E-state index contributed by atoms with van der Waals surface area (Å²) >= 11 is 0. The number of amides is 1. The van der Waals surface area contributed by atoms with Crippen LogP contribution in [0.1, 0.15) is 106 Å². The lowest BCUT2D eigenvalue weighted by atomic mass is 9.49. The molecule has 0 aromatic carbocycles. The molecule has 0 heterocycles. The number of rotatable bonds is 8. The number of aliphatic hydroxyl groups is 1. The van der Waals surface area contributed by atoms with Gasteiger partial charge in [-0.25, -0.2) is 0 Å². The van der Waals surface area contributed by atoms with Crippen LogP contribution in [0, 0.1) is 40.4 Å². The Morgan fingerprint density at radius 1 is 1.06 bits per heavy atom. The van der Waals surface area contributed by atoms with E-state index < -0.39 is 5.41 Å². The van der Waals surface area contributed by atoms with E-state index in [1.807, 2.05) is 20.8 Å². The van der Waals surface area contributed by atoms with Crippen LogP contribution in [0.4, 0.5) is 0 Å². The van der Waals surface area contributed by atoms with E-state index in [0.717, 1.165) is 44.9 Å². The van der Waals surface area contributed by atoms with Crippen LogP contribution in [0.2, 0.25) is 0 Å². The average Bonchev–Trinajstić information content (AvgIpc) is 3.12. The number of hydrogen-bond acceptors (Lipinski definition) is 4. The molecule has 3 aliphatic carbocycles. The lowest BCUT2D eigenvalue weighted by Gasteiger charge is -2.54. The van der Waals surface area contributed by atoms with Crippen LogP contribution in [0.3, 0.4) is 0 Å². The fraction of sp³-hybridized carbons (Fsp3) is 0.893. The highest BCUT2D eigenvalue weighted by Gasteiger charge is 2.62. The molecule has 3 rings (SSSR count). The second kappa shape index (κ2) is 10.2. The van der Waals surface area contributed by atoms with E-state index in [-0.39, 0.29) is 53.1 Å². The molecule has 0 aromatic rings. The largest absolute Gasteiger partial charge is 0.393 e. The summed E-state index contributed by atoms with van der Waals surface area (Å²) in [5.74, 6) is 1.39. The fourth-order valence-electron chi connectivity index (χ4n) is 7.85. The standard InChI is InChI=1S/C28H47NO4/c1-7-23(31)26-21-10-9-20(18(4)8-11-25(33)29-17(2)3)28(21,6)24(32)16-22(26)27(5)14-12-19(30)13-15-27/h17-22,26,30H,7-16H2,1-6H3,(H,29,33)/t18-,19-,20-,21+,22+,26+,27+,28-/m0/s1. The van der Waals surface area contributed by atoms with E-state index >= 15 is 0 Å². The number of aliphatic hydroxyl groups excluding tert-OH is 1. The van der Waals surface area contributed by atoms with Gasteiger partial charge in [0.15, 0.2) is 0 Å². The van der Waals surface area contributed by atoms with Gasteiger partial charge in [0, 0.05) is 36.6 Å². The second-order valence-corrected chi connectivity index (χ2v) is 12.3. The third-order valence-electron chi connectivity index (χ3n) is 9.88. The Morgan fingerprint density at radius 3 is 2.27 bits per heavy atom. The molecule has 0 bridgehead atoms. The number of nitrogens with one attached hydrogen (secondary N) is 1. The molecule has 188 valence electrons. The maximum atomic E-state index is 13.9. The SMILES string of the molecule is CCC(=O)[C@@H]1[C@H]2CC[C@@H]([C@@H](C)CCC(=O)NC(C)C)[C@]2(C)C(=O)C[C@H]1[C@]1(C)CC[C@H](O)CC1. The molecule has 3 saturated carbocycles. The Bertz CT molecular complexity index is 738. The van der Waals surface area contributed by atoms with Crippen molar-refractivity contribution in [2.45, 2.75) is 118 Å². The molecule has 0 saturated heterocycles. The zero-order chi connectivity index (χ0) is 24.6. The summed E-state index contributed by atoms with van der Waals surface area (Å²) in [7, 11) is 0. The summed E-state index contributed by atoms with van der Waals surface area (Å²) < 4.78 is 0. The predicted molar refractivity (Wildman–Crippen MR) is 130 cm³/mol. The molecule has 3 fully saturated rings. The van der Waals surface area contributed by atoms with Crippen molar-refractivity contribution >= 4 is 17.5 Å². The van der Waals surface area contributed by atoms with E-state index in [2.05, 4.69) is 26.1 Å². The highest BCUT2D eigenvalue weighted by atomic mass is 16.3. The van der Waals surface area contributed by atoms with Crippen LogP contribution in [0.5, 0.6) is 0 Å². The highest BCUT2D eigenvalue weighted by molar-refractivity contribution is 5.91. The molecule has 0 spiro atoms. The van der Waals surface area contributed by atoms with Gasteiger partial charge in [-0.1, -0.05) is 27.7 Å². The van der Waals surface area contributed by atoms with Crippen molar-refractivity contribution < 1.29 is 19.5 Å². The van der Waals surface area contributed by atoms with Crippen LogP contribution >= 0.6 is 0 Å². The van der Waals surface area contributed by atoms with Gasteiger partial charge in [0.1, 0.15) is 11.6 Å². The Kier molecular flexibility index (Phi) is 8.13. The van der Waals surface area contributed by atoms with Crippen molar-refractivity contribution in [3.8, 4) is 0 Å². The van der Waals surface area contributed by atoms with Gasteiger partial charge in [-0.2, -0.15) is 0 Å². The zero-order valence-corrected chi connectivity index (χ0v) is 21.8. The van der Waals surface area contributed by atoms with Gasteiger partial charge in [-0.05, 0) is 87.9 Å². The Labute approximate surface area is 200 Å². The first-order valence-corrected chi connectivity index (χ1v) is 13.5. The number of fused-ring (bicyclic) bond motifs is 1. The molecule has 0 aliphatic heterocycles. The van der Waals surface area contributed by atoms with Gasteiger partial charge < -0.3 is 10.4 Å². The predicted octanol–water partition coefficient (Wildman–Crippen LogP) is 5.09. The maximum absolute atomic E-state index is 13.9. The molecule has 33 heavy (non-hydrogen) atoms. The summed E-state index contributed by atoms with van der Waals surface area (Å²) in [4.78, 5) is 39.5. The summed E-state index contributed by atoms with van der Waals surface area (Å²) in [5, 5.41) is 13.0. The van der Waals surface area contributed by atoms with Crippen LogP contribution in [-0.2, 0) is 14.4 Å². The van der Waals surface area contributed by atoms with Crippen LogP contribution in [-0.4, -0.2) is 34.7 Å². The van der Waals surface area contributed by atoms with Gasteiger partial charge in [0.2, 0.25) is 5.91 Å². The van der Waals surface area contributed by atoms with E-state index in [0.29, 0.717) is 30.8 Å². The van der Waals surface area contributed by atoms with Crippen molar-refractivity contribution in [3.05, 3.63) is 0 Å². The first-order valence-electron chi connectivity index (χ1n) is 13.5. The van der Waals surface area contributed by atoms with Gasteiger partial charge in [-0.3, -0.25) is 14.4 Å². The first-order chi connectivity index (χ1) is 15.4. The number of ketones is 2. The van der Waals surface area contributed by atoms with Gasteiger partial charge in [0.05, 0.1) is 6.10 Å². The molecule has 0 radical (unpaired) electrons. The molecule has 1 amide bonds. The van der Waals surface area contributed by atoms with E-state index in [9.17, 15) is 19.5 Å². The number of hydrogen-bond donors (Lipinski definition) is 2. The summed E-state index contributed by atoms with van der Waals surface area (Å²) in [6.45, 7) is 12.5. The first kappa shape index (κ1) is 26.4. The Balaban J connectivity index is 1.82. The summed E-state index contributed by atoms with van der Waals surface area (Å²) in [6.07, 6.45) is 7.28.